The van der Waals surface area contributed by atoms with Crippen molar-refractivity contribution < 1.29 is 13.5 Å². The summed E-state index contributed by atoms with van der Waals surface area (Å²) >= 11 is 6.12. The van der Waals surface area contributed by atoms with Crippen molar-refractivity contribution in [3.8, 4) is 0 Å². The number of benzene rings is 2. The third kappa shape index (κ3) is 4.87. The Morgan fingerprint density at radius 3 is 2.57 bits per heavy atom. The highest BCUT2D eigenvalue weighted by Crippen LogP contribution is 2.27. The fraction of sp³-hybridized carbons (Fsp3) is 0.250. The lowest BCUT2D eigenvalue weighted by molar-refractivity contribution is 0.171. The van der Waals surface area contributed by atoms with E-state index in [1.807, 2.05) is 37.3 Å². The van der Waals surface area contributed by atoms with Crippen molar-refractivity contribution >= 4 is 32.5 Å². The molecule has 1 aromatic heterocycles. The smallest absolute Gasteiger partial charge is 0.241 e. The van der Waals surface area contributed by atoms with Crippen molar-refractivity contribution in [3.63, 3.8) is 0 Å². The number of aliphatic hydroxyl groups is 1. The maximum Gasteiger partial charge on any atom is 0.241 e. The molecular formula is C20H22ClN3O3S. The van der Waals surface area contributed by atoms with E-state index in [4.69, 9.17) is 11.6 Å². The zero-order chi connectivity index (χ0) is 20.1. The van der Waals surface area contributed by atoms with Crippen LogP contribution in [-0.2, 0) is 10.0 Å². The molecule has 0 aliphatic rings. The summed E-state index contributed by atoms with van der Waals surface area (Å²) in [5, 5.41) is 14.2. The second-order valence-electron chi connectivity index (χ2n) is 6.53. The summed E-state index contributed by atoms with van der Waals surface area (Å²) in [6.45, 7) is 2.34. The van der Waals surface area contributed by atoms with Gasteiger partial charge in [-0.2, -0.15) is 0 Å². The van der Waals surface area contributed by atoms with E-state index in [0.717, 1.165) is 5.56 Å². The number of aromatic nitrogens is 1. The second kappa shape index (κ2) is 8.98. The van der Waals surface area contributed by atoms with Gasteiger partial charge in [0.05, 0.1) is 21.5 Å². The highest BCUT2D eigenvalue weighted by atomic mass is 35.5. The molecule has 3 aromatic rings. The average molecular weight is 420 g/mol. The van der Waals surface area contributed by atoms with Gasteiger partial charge in [-0.25, -0.2) is 13.1 Å². The van der Waals surface area contributed by atoms with E-state index < -0.39 is 16.1 Å². The van der Waals surface area contributed by atoms with E-state index in [2.05, 4.69) is 15.0 Å². The van der Waals surface area contributed by atoms with Gasteiger partial charge in [-0.05, 0) is 36.8 Å². The number of sulfonamides is 1. The number of nitrogens with one attached hydrogen (secondary N) is 2. The van der Waals surface area contributed by atoms with Gasteiger partial charge in [0.25, 0.3) is 0 Å². The Labute approximate surface area is 169 Å². The van der Waals surface area contributed by atoms with Crippen molar-refractivity contribution in [2.45, 2.75) is 24.0 Å². The van der Waals surface area contributed by atoms with E-state index in [1.165, 1.54) is 12.1 Å². The number of rotatable bonds is 8. The number of hydrogen-bond acceptors (Lipinski definition) is 5. The van der Waals surface area contributed by atoms with Gasteiger partial charge in [0.2, 0.25) is 10.0 Å². The van der Waals surface area contributed by atoms with Gasteiger partial charge >= 0.3 is 0 Å². The number of nitrogens with zero attached hydrogens (tertiary/aromatic N) is 1. The summed E-state index contributed by atoms with van der Waals surface area (Å²) in [4.78, 5) is 4.30. The van der Waals surface area contributed by atoms with Crippen molar-refractivity contribution in [1.29, 1.82) is 0 Å². The molecule has 28 heavy (non-hydrogen) atoms. The van der Waals surface area contributed by atoms with E-state index in [-0.39, 0.29) is 17.5 Å². The van der Waals surface area contributed by atoms with Gasteiger partial charge < -0.3 is 10.4 Å². The monoisotopic (exact) mass is 419 g/mol. The summed E-state index contributed by atoms with van der Waals surface area (Å²) in [6.07, 6.45) is 0.911. The molecule has 0 radical (unpaired) electrons. The first kappa shape index (κ1) is 20.7. The maximum atomic E-state index is 12.8. The van der Waals surface area contributed by atoms with Crippen LogP contribution in [0.1, 0.15) is 18.6 Å². The lowest BCUT2D eigenvalue weighted by atomic mass is 10.1. The zero-order valence-electron chi connectivity index (χ0n) is 15.3. The molecule has 0 bridgehead atoms. The van der Waals surface area contributed by atoms with Gasteiger partial charge in [-0.15, -0.1) is 0 Å². The third-order valence-electron chi connectivity index (χ3n) is 4.39. The van der Waals surface area contributed by atoms with Gasteiger partial charge in [-0.3, -0.25) is 4.98 Å². The molecule has 0 saturated carbocycles. The van der Waals surface area contributed by atoms with Crippen LogP contribution in [0.3, 0.4) is 0 Å². The minimum Gasteiger partial charge on any atom is -0.387 e. The van der Waals surface area contributed by atoms with E-state index in [0.29, 0.717) is 22.5 Å². The number of halogens is 1. The van der Waals surface area contributed by atoms with Crippen LogP contribution in [0.2, 0.25) is 5.02 Å². The lowest BCUT2D eigenvalue weighted by Crippen LogP contribution is -2.40. The van der Waals surface area contributed by atoms with Crippen LogP contribution in [0, 0.1) is 0 Å². The minimum absolute atomic E-state index is 0.136. The molecule has 2 unspecified atom stereocenters. The molecule has 3 rings (SSSR count). The van der Waals surface area contributed by atoms with Crippen LogP contribution in [0.4, 0.5) is 0 Å². The topological polar surface area (TPSA) is 91.3 Å². The van der Waals surface area contributed by atoms with Crippen molar-refractivity contribution in [2.75, 3.05) is 13.1 Å². The number of fused-ring (bicyclic) bond motifs is 1. The summed E-state index contributed by atoms with van der Waals surface area (Å²) in [6, 6.07) is 15.5. The number of pyridine rings is 1. The predicted octanol–water partition coefficient (Wildman–Crippen LogP) is 2.88. The molecule has 2 atom stereocenters. The Morgan fingerprint density at radius 1 is 1.07 bits per heavy atom. The molecular weight excluding hydrogens is 398 g/mol. The molecule has 0 amide bonds. The largest absolute Gasteiger partial charge is 0.387 e. The minimum atomic E-state index is -3.74. The predicted molar refractivity (Wildman–Crippen MR) is 111 cm³/mol. The summed E-state index contributed by atoms with van der Waals surface area (Å²) in [5.41, 5.74) is 1.26. The molecule has 0 aliphatic heterocycles. The van der Waals surface area contributed by atoms with E-state index in [9.17, 15) is 13.5 Å². The van der Waals surface area contributed by atoms with Crippen LogP contribution in [0.15, 0.2) is 65.7 Å². The van der Waals surface area contributed by atoms with Crippen molar-refractivity contribution in [2.24, 2.45) is 0 Å². The second-order valence-corrected chi connectivity index (χ2v) is 8.68. The molecule has 2 aromatic carbocycles. The van der Waals surface area contributed by atoms with Crippen LogP contribution < -0.4 is 10.0 Å². The third-order valence-corrected chi connectivity index (χ3v) is 6.18. The fourth-order valence-corrected chi connectivity index (χ4v) is 4.38. The van der Waals surface area contributed by atoms with E-state index in [1.54, 1.807) is 18.3 Å². The normalized spacial score (nSPS) is 14.1. The fourth-order valence-electron chi connectivity index (χ4n) is 2.84. The summed E-state index contributed by atoms with van der Waals surface area (Å²) in [5.74, 6) is 0. The Bertz CT molecular complexity index is 1050. The number of hydrogen-bond donors (Lipinski definition) is 3. The Hall–Kier alpha value is -2.03. The lowest BCUT2D eigenvalue weighted by Gasteiger charge is -2.18. The SMILES string of the molecule is CC(CNS(=O)(=O)c1ccc(Cl)c2ncccc12)NCC(O)c1ccccc1. The first-order chi connectivity index (χ1) is 13.4. The van der Waals surface area contributed by atoms with Crippen molar-refractivity contribution in [1.82, 2.24) is 15.0 Å². The van der Waals surface area contributed by atoms with Crippen LogP contribution in [0.25, 0.3) is 10.9 Å². The first-order valence-corrected chi connectivity index (χ1v) is 10.7. The summed E-state index contributed by atoms with van der Waals surface area (Å²) in [7, 11) is -3.74. The first-order valence-electron chi connectivity index (χ1n) is 8.88. The van der Waals surface area contributed by atoms with Crippen LogP contribution in [0.5, 0.6) is 0 Å². The molecule has 3 N–H and O–H groups in total. The quantitative estimate of drug-likeness (QED) is 0.522. The average Bonchev–Trinajstić information content (AvgIpc) is 2.71. The van der Waals surface area contributed by atoms with Crippen molar-refractivity contribution in [3.05, 3.63) is 71.4 Å². The van der Waals surface area contributed by atoms with Gasteiger partial charge in [0, 0.05) is 30.7 Å². The molecule has 0 saturated heterocycles. The number of aliphatic hydroxyl groups excluding tert-OH is 1. The van der Waals surface area contributed by atoms with Gasteiger partial charge in [0.15, 0.2) is 0 Å². The van der Waals surface area contributed by atoms with Crippen LogP contribution >= 0.6 is 11.6 Å². The highest BCUT2D eigenvalue weighted by molar-refractivity contribution is 7.89. The standard InChI is InChI=1S/C20H22ClN3O3S/c1-14(23-13-18(25)15-6-3-2-4-7-15)12-24-28(26,27)19-10-9-17(21)20-16(19)8-5-11-22-20/h2-11,14,18,23-25H,12-13H2,1H3. The Balaban J connectivity index is 1.63. The maximum absolute atomic E-state index is 12.8. The summed E-state index contributed by atoms with van der Waals surface area (Å²) < 4.78 is 28.1. The molecule has 8 heteroatoms. The van der Waals surface area contributed by atoms with Gasteiger partial charge in [0.1, 0.15) is 0 Å². The van der Waals surface area contributed by atoms with E-state index >= 15 is 0 Å². The van der Waals surface area contributed by atoms with Crippen LogP contribution in [-0.4, -0.2) is 37.6 Å². The van der Waals surface area contributed by atoms with Gasteiger partial charge in [-0.1, -0.05) is 41.9 Å². The molecule has 6 nitrogen and oxygen atoms in total. The molecule has 0 spiro atoms. The highest BCUT2D eigenvalue weighted by Gasteiger charge is 2.20. The molecule has 0 aliphatic carbocycles. The molecule has 148 valence electrons. The molecule has 1 heterocycles. The molecule has 0 fully saturated rings. The Kier molecular flexibility index (Phi) is 6.64. The Morgan fingerprint density at radius 2 is 1.82 bits per heavy atom. The zero-order valence-corrected chi connectivity index (χ0v) is 16.9.